The molecule has 4 fully saturated rings. The van der Waals surface area contributed by atoms with Crippen LogP contribution in [0.3, 0.4) is 0 Å². The zero-order valence-corrected chi connectivity index (χ0v) is 12.1. The molecule has 4 saturated heterocycles. The number of hydrogen-bond donors (Lipinski definition) is 1. The summed E-state index contributed by atoms with van der Waals surface area (Å²) in [5, 5.41) is 10.6. The average molecular weight is 292 g/mol. The van der Waals surface area contributed by atoms with Crippen LogP contribution >= 0.6 is 11.6 Å². The van der Waals surface area contributed by atoms with Crippen molar-refractivity contribution < 1.29 is 5.11 Å². The van der Waals surface area contributed by atoms with Crippen molar-refractivity contribution in [2.75, 3.05) is 39.6 Å². The quantitative estimate of drug-likeness (QED) is 0.901. The van der Waals surface area contributed by atoms with E-state index in [-0.39, 0.29) is 11.2 Å². The van der Waals surface area contributed by atoms with Crippen molar-refractivity contribution in [3.63, 3.8) is 0 Å². The second-order valence-corrected chi connectivity index (χ2v) is 6.75. The first-order valence-corrected chi connectivity index (χ1v) is 7.35. The summed E-state index contributed by atoms with van der Waals surface area (Å²) in [4.78, 5) is 7.45. The smallest absolute Gasteiger partial charge is 0.122 e. The molecular formula is C15H18ClN3O. The van der Waals surface area contributed by atoms with Gasteiger partial charge in [0.25, 0.3) is 0 Å². The van der Waals surface area contributed by atoms with Gasteiger partial charge in [0.05, 0.1) is 20.0 Å². The molecule has 4 nitrogen and oxygen atoms in total. The van der Waals surface area contributed by atoms with Crippen LogP contribution < -0.4 is 0 Å². The molecule has 4 bridgehead atoms. The topological polar surface area (TPSA) is 30.0 Å². The third kappa shape index (κ3) is 2.13. The van der Waals surface area contributed by atoms with Crippen LogP contribution in [0, 0.1) is 5.41 Å². The monoisotopic (exact) mass is 291 g/mol. The van der Waals surface area contributed by atoms with Crippen molar-refractivity contribution in [1.82, 2.24) is 14.7 Å². The Hall–Kier alpha value is -1.07. The molecule has 5 heteroatoms. The summed E-state index contributed by atoms with van der Waals surface area (Å²) >= 11 is 6.00. The number of aromatic hydroxyl groups is 1. The SMILES string of the molecule is Oc1ccc(Cl)cc1/C=C\C12CN3CN(CN(C3)C1)C2. The Bertz CT molecular complexity index is 537. The number of benzene rings is 1. The van der Waals surface area contributed by atoms with Gasteiger partial charge in [-0.25, -0.2) is 0 Å². The molecule has 0 radical (unpaired) electrons. The van der Waals surface area contributed by atoms with Crippen molar-refractivity contribution in [2.45, 2.75) is 0 Å². The molecule has 1 aromatic rings. The number of nitrogens with zero attached hydrogens (tertiary/aromatic N) is 3. The molecular weight excluding hydrogens is 274 g/mol. The molecule has 0 spiro atoms. The summed E-state index contributed by atoms with van der Waals surface area (Å²) in [6.45, 7) is 6.60. The Morgan fingerprint density at radius 3 is 2.25 bits per heavy atom. The molecule has 0 unspecified atom stereocenters. The van der Waals surface area contributed by atoms with Crippen LogP contribution in [0.5, 0.6) is 5.75 Å². The van der Waals surface area contributed by atoms with Gasteiger partial charge in [-0.3, -0.25) is 14.7 Å². The van der Waals surface area contributed by atoms with Crippen molar-refractivity contribution in [1.29, 1.82) is 0 Å². The van der Waals surface area contributed by atoms with Gasteiger partial charge in [0.1, 0.15) is 5.75 Å². The Labute approximate surface area is 123 Å². The van der Waals surface area contributed by atoms with E-state index in [0.29, 0.717) is 5.02 Å². The third-order valence-electron chi connectivity index (χ3n) is 4.42. The van der Waals surface area contributed by atoms with Crippen molar-refractivity contribution in [3.8, 4) is 5.75 Å². The van der Waals surface area contributed by atoms with Gasteiger partial charge in [-0.15, -0.1) is 0 Å². The largest absolute Gasteiger partial charge is 0.507 e. The molecule has 4 aliphatic rings. The van der Waals surface area contributed by atoms with E-state index in [9.17, 15) is 5.11 Å². The van der Waals surface area contributed by atoms with E-state index < -0.39 is 0 Å². The van der Waals surface area contributed by atoms with Crippen molar-refractivity contribution in [2.24, 2.45) is 5.41 Å². The fraction of sp³-hybridized carbons (Fsp3) is 0.467. The summed E-state index contributed by atoms with van der Waals surface area (Å²) in [7, 11) is 0. The lowest BCUT2D eigenvalue weighted by Crippen LogP contribution is -2.72. The summed E-state index contributed by atoms with van der Waals surface area (Å²) in [6, 6.07) is 5.18. The molecule has 0 amide bonds. The first kappa shape index (κ1) is 12.7. The number of hydrogen-bond acceptors (Lipinski definition) is 4. The number of halogens is 1. The predicted octanol–water partition coefficient (Wildman–Crippen LogP) is 1.86. The van der Waals surface area contributed by atoms with Gasteiger partial charge in [0, 0.05) is 35.6 Å². The van der Waals surface area contributed by atoms with E-state index in [0.717, 1.165) is 45.2 Å². The zero-order chi connectivity index (χ0) is 13.7. The van der Waals surface area contributed by atoms with E-state index in [2.05, 4.69) is 20.8 Å². The van der Waals surface area contributed by atoms with Crippen molar-refractivity contribution >= 4 is 17.7 Å². The summed E-state index contributed by atoms with van der Waals surface area (Å²) in [6.07, 6.45) is 4.29. The van der Waals surface area contributed by atoms with Crippen LogP contribution in [0.25, 0.3) is 6.08 Å². The Kier molecular flexibility index (Phi) is 2.82. The molecule has 0 saturated carbocycles. The minimum Gasteiger partial charge on any atom is -0.507 e. The van der Waals surface area contributed by atoms with E-state index in [4.69, 9.17) is 11.6 Å². The molecule has 20 heavy (non-hydrogen) atoms. The van der Waals surface area contributed by atoms with Gasteiger partial charge < -0.3 is 5.11 Å². The minimum absolute atomic E-state index is 0.184. The van der Waals surface area contributed by atoms with Gasteiger partial charge in [-0.2, -0.15) is 0 Å². The maximum absolute atomic E-state index is 9.91. The van der Waals surface area contributed by atoms with Crippen LogP contribution in [0.2, 0.25) is 5.02 Å². The van der Waals surface area contributed by atoms with Crippen LogP contribution in [0.4, 0.5) is 0 Å². The lowest BCUT2D eigenvalue weighted by atomic mass is 9.80. The molecule has 1 N–H and O–H groups in total. The van der Waals surface area contributed by atoms with Gasteiger partial charge in [-0.05, 0) is 18.2 Å². The maximum atomic E-state index is 9.91. The average Bonchev–Trinajstić information content (AvgIpc) is 2.38. The third-order valence-corrected chi connectivity index (χ3v) is 4.66. The van der Waals surface area contributed by atoms with Crippen molar-refractivity contribution in [3.05, 3.63) is 34.9 Å². The standard InChI is InChI=1S/C15H18ClN3O/c16-13-1-2-14(20)12(5-13)3-4-15-6-17-9-18(7-15)11-19(8-15)10-17/h1-5,20H,6-11H2/b4-3-. The second kappa shape index (κ2) is 4.46. The normalized spacial score (nSPS) is 38.8. The molecule has 4 aliphatic heterocycles. The van der Waals surface area contributed by atoms with E-state index >= 15 is 0 Å². The Morgan fingerprint density at radius 2 is 1.65 bits per heavy atom. The minimum atomic E-state index is 0.184. The molecule has 0 atom stereocenters. The molecule has 5 rings (SSSR count). The maximum Gasteiger partial charge on any atom is 0.122 e. The van der Waals surface area contributed by atoms with Gasteiger partial charge in [0.15, 0.2) is 0 Å². The highest BCUT2D eigenvalue weighted by atomic mass is 35.5. The number of rotatable bonds is 2. The van der Waals surface area contributed by atoms with E-state index in [1.165, 1.54) is 0 Å². The summed E-state index contributed by atoms with van der Waals surface area (Å²) in [5.41, 5.74) is 0.983. The molecule has 0 aliphatic carbocycles. The predicted molar refractivity (Wildman–Crippen MR) is 79.3 cm³/mol. The lowest BCUT2D eigenvalue weighted by Gasteiger charge is -2.59. The Balaban J connectivity index is 1.62. The highest BCUT2D eigenvalue weighted by Gasteiger charge is 2.46. The molecule has 0 aromatic heterocycles. The van der Waals surface area contributed by atoms with E-state index in [1.54, 1.807) is 12.1 Å². The molecule has 1 aromatic carbocycles. The zero-order valence-electron chi connectivity index (χ0n) is 11.3. The summed E-state index contributed by atoms with van der Waals surface area (Å²) < 4.78 is 0. The van der Waals surface area contributed by atoms with Gasteiger partial charge in [-0.1, -0.05) is 23.8 Å². The van der Waals surface area contributed by atoms with Crippen LogP contribution in [0.15, 0.2) is 24.3 Å². The van der Waals surface area contributed by atoms with Crippen LogP contribution in [0.1, 0.15) is 5.56 Å². The first-order chi connectivity index (χ1) is 9.62. The van der Waals surface area contributed by atoms with Crippen LogP contribution in [-0.2, 0) is 0 Å². The second-order valence-electron chi connectivity index (χ2n) is 6.31. The first-order valence-electron chi connectivity index (χ1n) is 6.97. The number of phenols is 1. The summed E-state index contributed by atoms with van der Waals surface area (Å²) in [5.74, 6) is 0.288. The highest BCUT2D eigenvalue weighted by molar-refractivity contribution is 6.30. The highest BCUT2D eigenvalue weighted by Crippen LogP contribution is 2.37. The lowest BCUT2D eigenvalue weighted by molar-refractivity contribution is -0.155. The van der Waals surface area contributed by atoms with Crippen LogP contribution in [-0.4, -0.2) is 59.4 Å². The van der Waals surface area contributed by atoms with Gasteiger partial charge in [0.2, 0.25) is 0 Å². The van der Waals surface area contributed by atoms with Gasteiger partial charge >= 0.3 is 0 Å². The van der Waals surface area contributed by atoms with E-state index in [1.807, 2.05) is 12.1 Å². The Morgan fingerprint density at radius 1 is 1.05 bits per heavy atom. The molecule has 4 heterocycles. The molecule has 106 valence electrons. The number of phenolic OH excluding ortho intramolecular Hbond substituents is 1. The fourth-order valence-corrected chi connectivity index (χ4v) is 4.03. The fourth-order valence-electron chi connectivity index (χ4n) is 3.85.